The van der Waals surface area contributed by atoms with Crippen LogP contribution in [0.3, 0.4) is 0 Å². The molecule has 6 nitrogen and oxygen atoms in total. The van der Waals surface area contributed by atoms with E-state index in [0.717, 1.165) is 22.5 Å². The molecule has 3 aromatic rings. The van der Waals surface area contributed by atoms with Gasteiger partial charge in [0.1, 0.15) is 10.0 Å². The normalized spacial score (nSPS) is 11.6. The van der Waals surface area contributed by atoms with Crippen molar-refractivity contribution in [3.05, 3.63) is 52.1 Å². The minimum Gasteiger partial charge on any atom is -0.263 e. The number of anilines is 1. The lowest BCUT2D eigenvalue weighted by Crippen LogP contribution is -2.15. The number of aromatic nitrogens is 3. The van der Waals surface area contributed by atoms with Gasteiger partial charge in [0.25, 0.3) is 10.0 Å². The average Bonchev–Trinajstić information content (AvgIpc) is 3.06. The maximum Gasteiger partial charge on any atom is 0.272 e. The van der Waals surface area contributed by atoms with Crippen LogP contribution in [0.5, 0.6) is 0 Å². The fourth-order valence-corrected chi connectivity index (χ4v) is 4.70. The lowest BCUT2D eigenvalue weighted by molar-refractivity contribution is 0.602. The number of thiophene rings is 1. The van der Waals surface area contributed by atoms with Crippen molar-refractivity contribution in [3.63, 3.8) is 0 Å². The van der Waals surface area contributed by atoms with Crippen LogP contribution in [0.4, 0.5) is 5.82 Å². The Balaban J connectivity index is 1.97. The van der Waals surface area contributed by atoms with Gasteiger partial charge in [-0.15, -0.1) is 11.3 Å². The molecule has 0 aromatic carbocycles. The third-order valence-electron chi connectivity index (χ3n) is 3.10. The van der Waals surface area contributed by atoms with E-state index in [9.17, 15) is 8.42 Å². The Morgan fingerprint density at radius 3 is 2.65 bits per heavy atom. The van der Waals surface area contributed by atoms with Crippen molar-refractivity contribution in [2.24, 2.45) is 0 Å². The summed E-state index contributed by atoms with van der Waals surface area (Å²) in [5, 5.41) is 4.13. The Kier molecular flexibility index (Phi) is 4.13. The first-order chi connectivity index (χ1) is 10.9. The number of rotatable bonds is 4. The summed E-state index contributed by atoms with van der Waals surface area (Å²) < 4.78 is 29.6. The van der Waals surface area contributed by atoms with E-state index in [4.69, 9.17) is 11.6 Å². The Bertz CT molecular complexity index is 943. The monoisotopic (exact) mass is 368 g/mol. The van der Waals surface area contributed by atoms with E-state index in [1.807, 2.05) is 19.1 Å². The summed E-state index contributed by atoms with van der Waals surface area (Å²) in [6.45, 7) is 3.69. The summed E-state index contributed by atoms with van der Waals surface area (Å²) in [6.07, 6.45) is 3.15. The van der Waals surface area contributed by atoms with Crippen molar-refractivity contribution < 1.29 is 8.42 Å². The molecule has 1 N–H and O–H groups in total. The van der Waals surface area contributed by atoms with Gasteiger partial charge in [0.15, 0.2) is 5.82 Å². The molecule has 0 aliphatic rings. The lowest BCUT2D eigenvalue weighted by atomic mass is 10.3. The quantitative estimate of drug-likeness (QED) is 0.765. The minimum atomic E-state index is -3.73. The van der Waals surface area contributed by atoms with Gasteiger partial charge >= 0.3 is 0 Å². The number of hydrogen-bond acceptors (Lipinski definition) is 5. The molecule has 0 aliphatic heterocycles. The SMILES string of the molecule is Cc1ccnc(-n2nccc2NS(=O)(=O)c2cc(C)c(Cl)s2)c1. The van der Waals surface area contributed by atoms with Gasteiger partial charge < -0.3 is 0 Å². The summed E-state index contributed by atoms with van der Waals surface area (Å²) >= 11 is 6.98. The second-order valence-electron chi connectivity index (χ2n) is 4.95. The molecule has 0 saturated heterocycles. The van der Waals surface area contributed by atoms with Gasteiger partial charge in [0, 0.05) is 12.3 Å². The summed E-state index contributed by atoms with van der Waals surface area (Å²) in [7, 11) is -3.73. The lowest BCUT2D eigenvalue weighted by Gasteiger charge is -2.09. The van der Waals surface area contributed by atoms with Gasteiger partial charge in [-0.25, -0.2) is 13.4 Å². The molecule has 3 rings (SSSR count). The zero-order valence-electron chi connectivity index (χ0n) is 12.3. The molecule has 3 aromatic heterocycles. The van der Waals surface area contributed by atoms with E-state index in [2.05, 4.69) is 14.8 Å². The van der Waals surface area contributed by atoms with Crippen LogP contribution in [-0.2, 0) is 10.0 Å². The number of hydrogen-bond donors (Lipinski definition) is 1. The fourth-order valence-electron chi connectivity index (χ4n) is 1.95. The van der Waals surface area contributed by atoms with Crippen molar-refractivity contribution in [3.8, 4) is 5.82 Å². The van der Waals surface area contributed by atoms with Crippen molar-refractivity contribution in [1.29, 1.82) is 0 Å². The molecule has 0 aliphatic carbocycles. The van der Waals surface area contributed by atoms with Gasteiger partial charge in [-0.2, -0.15) is 9.78 Å². The van der Waals surface area contributed by atoms with Crippen LogP contribution < -0.4 is 4.72 Å². The number of aryl methyl sites for hydroxylation is 2. The molecule has 9 heteroatoms. The number of sulfonamides is 1. The first-order valence-electron chi connectivity index (χ1n) is 6.62. The molecular weight excluding hydrogens is 356 g/mol. The molecule has 0 atom stereocenters. The topological polar surface area (TPSA) is 76.9 Å². The zero-order valence-corrected chi connectivity index (χ0v) is 14.7. The van der Waals surface area contributed by atoms with E-state index in [-0.39, 0.29) is 4.21 Å². The maximum absolute atomic E-state index is 12.5. The third-order valence-corrected chi connectivity index (χ3v) is 6.48. The second-order valence-corrected chi connectivity index (χ2v) is 8.51. The molecule has 0 unspecified atom stereocenters. The van der Waals surface area contributed by atoms with E-state index in [1.165, 1.54) is 10.9 Å². The largest absolute Gasteiger partial charge is 0.272 e. The Hall–Kier alpha value is -1.90. The summed E-state index contributed by atoms with van der Waals surface area (Å²) in [5.41, 5.74) is 1.73. The molecule has 3 heterocycles. The van der Waals surface area contributed by atoms with E-state index in [1.54, 1.807) is 25.3 Å². The van der Waals surface area contributed by atoms with Gasteiger partial charge in [0.2, 0.25) is 0 Å². The van der Waals surface area contributed by atoms with Crippen LogP contribution in [-0.4, -0.2) is 23.2 Å². The van der Waals surface area contributed by atoms with Gasteiger partial charge in [0.05, 0.1) is 10.5 Å². The molecule has 0 saturated carbocycles. The summed E-state index contributed by atoms with van der Waals surface area (Å²) in [4.78, 5) is 4.21. The van der Waals surface area contributed by atoms with Crippen LogP contribution in [0.2, 0.25) is 4.34 Å². The highest BCUT2D eigenvalue weighted by molar-refractivity contribution is 7.94. The Labute approximate surface area is 142 Å². The molecule has 0 fully saturated rings. The van der Waals surface area contributed by atoms with Crippen molar-refractivity contribution in [2.75, 3.05) is 4.72 Å². The Morgan fingerprint density at radius 1 is 1.22 bits per heavy atom. The van der Waals surface area contributed by atoms with Crippen molar-refractivity contribution in [1.82, 2.24) is 14.8 Å². The standard InChI is InChI=1S/C14H13ClN4O2S2/c1-9-3-5-16-12(7-9)19-11(4-6-17-19)18-23(20,21)13-8-10(2)14(15)22-13/h3-8,18H,1-2H3. The third kappa shape index (κ3) is 3.24. The summed E-state index contributed by atoms with van der Waals surface area (Å²) in [5.74, 6) is 0.846. The average molecular weight is 369 g/mol. The van der Waals surface area contributed by atoms with E-state index in [0.29, 0.717) is 16.0 Å². The molecule has 120 valence electrons. The Morgan fingerprint density at radius 2 is 2.00 bits per heavy atom. The number of pyridine rings is 1. The number of nitrogens with zero attached hydrogens (tertiary/aromatic N) is 3. The first-order valence-corrected chi connectivity index (χ1v) is 9.30. The minimum absolute atomic E-state index is 0.157. The van der Waals surface area contributed by atoms with E-state index < -0.39 is 10.0 Å². The number of halogens is 1. The number of nitrogens with one attached hydrogen (secondary N) is 1. The molecular formula is C14H13ClN4O2S2. The zero-order chi connectivity index (χ0) is 16.6. The first kappa shape index (κ1) is 16.0. The van der Waals surface area contributed by atoms with Crippen molar-refractivity contribution in [2.45, 2.75) is 18.1 Å². The fraction of sp³-hybridized carbons (Fsp3) is 0.143. The van der Waals surface area contributed by atoms with Crippen LogP contribution in [0.25, 0.3) is 5.82 Å². The predicted molar refractivity (Wildman–Crippen MR) is 91.0 cm³/mol. The highest BCUT2D eigenvalue weighted by atomic mass is 35.5. The van der Waals surface area contributed by atoms with Crippen molar-refractivity contribution >= 4 is 38.8 Å². The highest BCUT2D eigenvalue weighted by Gasteiger charge is 2.20. The van der Waals surface area contributed by atoms with Gasteiger partial charge in [-0.3, -0.25) is 4.72 Å². The molecule has 0 radical (unpaired) electrons. The van der Waals surface area contributed by atoms with Crippen LogP contribution in [0, 0.1) is 13.8 Å². The van der Waals surface area contributed by atoms with Crippen LogP contribution >= 0.6 is 22.9 Å². The van der Waals surface area contributed by atoms with Crippen LogP contribution in [0.1, 0.15) is 11.1 Å². The second kappa shape index (κ2) is 5.95. The molecule has 0 bridgehead atoms. The summed E-state index contributed by atoms with van der Waals surface area (Å²) in [6, 6.07) is 6.79. The van der Waals surface area contributed by atoms with E-state index >= 15 is 0 Å². The molecule has 0 spiro atoms. The molecule has 23 heavy (non-hydrogen) atoms. The smallest absolute Gasteiger partial charge is 0.263 e. The molecule has 0 amide bonds. The van der Waals surface area contributed by atoms with Gasteiger partial charge in [-0.05, 0) is 43.2 Å². The highest BCUT2D eigenvalue weighted by Crippen LogP contribution is 2.31. The predicted octanol–water partition coefficient (Wildman–Crippen LogP) is 3.40. The van der Waals surface area contributed by atoms with Gasteiger partial charge in [-0.1, -0.05) is 11.6 Å². The van der Waals surface area contributed by atoms with Crippen LogP contribution in [0.15, 0.2) is 40.9 Å². The maximum atomic E-state index is 12.5.